The van der Waals surface area contributed by atoms with Crippen molar-refractivity contribution in [3.05, 3.63) is 22.8 Å². The molecule has 4 nitrogen and oxygen atoms in total. The van der Waals surface area contributed by atoms with Crippen LogP contribution >= 0.6 is 27.7 Å². The van der Waals surface area contributed by atoms with E-state index >= 15 is 0 Å². The van der Waals surface area contributed by atoms with Gasteiger partial charge in [0, 0.05) is 16.4 Å². The van der Waals surface area contributed by atoms with E-state index in [0.717, 1.165) is 21.8 Å². The van der Waals surface area contributed by atoms with Gasteiger partial charge in [0.25, 0.3) is 0 Å². The van der Waals surface area contributed by atoms with Crippen LogP contribution in [0.25, 0.3) is 0 Å². The minimum absolute atomic E-state index is 0.189. The molecule has 0 spiro atoms. The van der Waals surface area contributed by atoms with Gasteiger partial charge in [-0.25, -0.2) is 4.98 Å². The van der Waals surface area contributed by atoms with Crippen molar-refractivity contribution in [1.82, 2.24) is 10.3 Å². The standard InChI is InChI=1S/C14H21BrN2O2S/c1-4-17-14(3,13(18)19-5-2)8-9-20-12-7-6-11(15)10-16-12/h6-7,10,17H,4-5,8-9H2,1-3H3. The summed E-state index contributed by atoms with van der Waals surface area (Å²) in [6.45, 7) is 6.84. The summed E-state index contributed by atoms with van der Waals surface area (Å²) in [6, 6.07) is 3.92. The van der Waals surface area contributed by atoms with Crippen molar-refractivity contribution in [2.24, 2.45) is 0 Å². The molecule has 0 saturated heterocycles. The summed E-state index contributed by atoms with van der Waals surface area (Å²) >= 11 is 5.00. The van der Waals surface area contributed by atoms with Crippen LogP contribution in [-0.2, 0) is 9.53 Å². The van der Waals surface area contributed by atoms with Crippen LogP contribution in [0.5, 0.6) is 0 Å². The second-order valence-electron chi connectivity index (χ2n) is 4.50. The fraction of sp³-hybridized carbons (Fsp3) is 0.571. The van der Waals surface area contributed by atoms with E-state index in [0.29, 0.717) is 13.0 Å². The van der Waals surface area contributed by atoms with Crippen molar-refractivity contribution < 1.29 is 9.53 Å². The van der Waals surface area contributed by atoms with Gasteiger partial charge < -0.3 is 10.1 Å². The zero-order valence-corrected chi connectivity index (χ0v) is 14.5. The zero-order chi connectivity index (χ0) is 15.0. The number of nitrogens with one attached hydrogen (secondary N) is 1. The number of rotatable bonds is 8. The maximum Gasteiger partial charge on any atom is 0.326 e. The fourth-order valence-electron chi connectivity index (χ4n) is 1.75. The Morgan fingerprint density at radius 2 is 2.25 bits per heavy atom. The van der Waals surface area contributed by atoms with E-state index in [1.54, 1.807) is 18.0 Å². The van der Waals surface area contributed by atoms with Gasteiger partial charge in [-0.05, 0) is 54.9 Å². The number of hydrogen-bond donors (Lipinski definition) is 1. The predicted molar refractivity (Wildman–Crippen MR) is 86.0 cm³/mol. The summed E-state index contributed by atoms with van der Waals surface area (Å²) in [5.41, 5.74) is -0.632. The Morgan fingerprint density at radius 3 is 2.80 bits per heavy atom. The molecular formula is C14H21BrN2O2S. The Hall–Kier alpha value is -0.590. The van der Waals surface area contributed by atoms with Gasteiger partial charge in [0.1, 0.15) is 5.54 Å². The van der Waals surface area contributed by atoms with Crippen molar-refractivity contribution in [3.8, 4) is 0 Å². The summed E-state index contributed by atoms with van der Waals surface area (Å²) in [4.78, 5) is 16.3. The monoisotopic (exact) mass is 360 g/mol. The Balaban J connectivity index is 2.54. The molecule has 1 rings (SSSR count). The third kappa shape index (κ3) is 5.42. The Labute approximate surface area is 133 Å². The van der Waals surface area contributed by atoms with Gasteiger partial charge in [-0.15, -0.1) is 11.8 Å². The molecule has 0 amide bonds. The predicted octanol–water partition coefficient (Wildman–Crippen LogP) is 3.26. The third-order valence-corrected chi connectivity index (χ3v) is 4.26. The zero-order valence-electron chi connectivity index (χ0n) is 12.1. The topological polar surface area (TPSA) is 51.2 Å². The lowest BCUT2D eigenvalue weighted by molar-refractivity contribution is -0.150. The highest BCUT2D eigenvalue weighted by Gasteiger charge is 2.33. The minimum atomic E-state index is -0.632. The van der Waals surface area contributed by atoms with Gasteiger partial charge in [0.2, 0.25) is 0 Å². The molecule has 112 valence electrons. The summed E-state index contributed by atoms with van der Waals surface area (Å²) in [5.74, 6) is 0.614. The highest BCUT2D eigenvalue weighted by atomic mass is 79.9. The first-order valence-electron chi connectivity index (χ1n) is 6.68. The number of pyridine rings is 1. The molecule has 0 aliphatic rings. The molecule has 0 aliphatic carbocycles. The van der Waals surface area contributed by atoms with Crippen molar-refractivity contribution in [2.45, 2.75) is 37.8 Å². The first-order valence-corrected chi connectivity index (χ1v) is 8.46. The van der Waals surface area contributed by atoms with E-state index in [4.69, 9.17) is 4.74 Å². The molecular weight excluding hydrogens is 340 g/mol. The molecule has 0 aromatic carbocycles. The molecule has 6 heteroatoms. The van der Waals surface area contributed by atoms with E-state index in [9.17, 15) is 4.79 Å². The van der Waals surface area contributed by atoms with Crippen LogP contribution in [0.1, 0.15) is 27.2 Å². The van der Waals surface area contributed by atoms with E-state index in [1.807, 2.05) is 32.9 Å². The highest BCUT2D eigenvalue weighted by molar-refractivity contribution is 9.10. The normalized spacial score (nSPS) is 13.8. The maximum atomic E-state index is 12.0. The van der Waals surface area contributed by atoms with E-state index in [1.165, 1.54) is 0 Å². The van der Waals surface area contributed by atoms with Crippen LogP contribution in [0.3, 0.4) is 0 Å². The Kier molecular flexibility index (Phi) is 7.55. The fourth-order valence-corrected chi connectivity index (χ4v) is 3.00. The number of esters is 1. The van der Waals surface area contributed by atoms with Crippen LogP contribution in [0.2, 0.25) is 0 Å². The third-order valence-electron chi connectivity index (χ3n) is 2.85. The number of carbonyl (C=O) groups is 1. The lowest BCUT2D eigenvalue weighted by Crippen LogP contribution is -2.50. The molecule has 1 unspecified atom stereocenters. The van der Waals surface area contributed by atoms with Crippen molar-refractivity contribution >= 4 is 33.7 Å². The molecule has 1 N–H and O–H groups in total. The summed E-state index contributed by atoms with van der Waals surface area (Å²) in [6.07, 6.45) is 2.47. The smallest absolute Gasteiger partial charge is 0.326 e. The number of aromatic nitrogens is 1. The Bertz CT molecular complexity index is 428. The number of halogens is 1. The lowest BCUT2D eigenvalue weighted by atomic mass is 9.99. The van der Waals surface area contributed by atoms with Gasteiger partial charge in [-0.2, -0.15) is 0 Å². The number of likely N-dealkylation sites (N-methyl/N-ethyl adjacent to an activating group) is 1. The number of hydrogen-bond acceptors (Lipinski definition) is 5. The van der Waals surface area contributed by atoms with Crippen molar-refractivity contribution in [3.63, 3.8) is 0 Å². The number of thioether (sulfide) groups is 1. The molecule has 0 aliphatic heterocycles. The highest BCUT2D eigenvalue weighted by Crippen LogP contribution is 2.22. The lowest BCUT2D eigenvalue weighted by Gasteiger charge is -2.27. The molecule has 0 saturated carbocycles. The maximum absolute atomic E-state index is 12.0. The van der Waals surface area contributed by atoms with Crippen LogP contribution in [0, 0.1) is 0 Å². The number of nitrogens with zero attached hydrogens (tertiary/aromatic N) is 1. The molecule has 0 fully saturated rings. The first-order chi connectivity index (χ1) is 9.51. The second kappa shape index (κ2) is 8.64. The van der Waals surface area contributed by atoms with Crippen LogP contribution in [-0.4, -0.2) is 35.4 Å². The molecule has 1 heterocycles. The van der Waals surface area contributed by atoms with Crippen LogP contribution in [0.15, 0.2) is 27.8 Å². The van der Waals surface area contributed by atoms with Gasteiger partial charge in [-0.3, -0.25) is 4.79 Å². The average Bonchev–Trinajstić information content (AvgIpc) is 2.41. The minimum Gasteiger partial charge on any atom is -0.465 e. The molecule has 0 bridgehead atoms. The summed E-state index contributed by atoms with van der Waals surface area (Å²) in [7, 11) is 0. The molecule has 1 atom stereocenters. The van der Waals surface area contributed by atoms with Gasteiger partial charge in [0.05, 0.1) is 11.6 Å². The van der Waals surface area contributed by atoms with Crippen molar-refractivity contribution in [1.29, 1.82) is 0 Å². The number of ether oxygens (including phenoxy) is 1. The SMILES string of the molecule is CCNC(C)(CCSc1ccc(Br)cn1)C(=O)OCC. The molecule has 1 aromatic rings. The van der Waals surface area contributed by atoms with E-state index in [-0.39, 0.29) is 5.97 Å². The quantitative estimate of drug-likeness (QED) is 0.569. The van der Waals surface area contributed by atoms with E-state index in [2.05, 4.69) is 26.2 Å². The summed E-state index contributed by atoms with van der Waals surface area (Å²) < 4.78 is 6.11. The van der Waals surface area contributed by atoms with Gasteiger partial charge in [-0.1, -0.05) is 6.92 Å². The van der Waals surface area contributed by atoms with Gasteiger partial charge >= 0.3 is 5.97 Å². The van der Waals surface area contributed by atoms with Crippen LogP contribution < -0.4 is 5.32 Å². The second-order valence-corrected chi connectivity index (χ2v) is 6.53. The Morgan fingerprint density at radius 1 is 1.50 bits per heavy atom. The van der Waals surface area contributed by atoms with E-state index < -0.39 is 5.54 Å². The van der Waals surface area contributed by atoms with Gasteiger partial charge in [0.15, 0.2) is 0 Å². The first kappa shape index (κ1) is 17.5. The molecule has 0 radical (unpaired) electrons. The largest absolute Gasteiger partial charge is 0.465 e. The average molecular weight is 361 g/mol. The summed E-state index contributed by atoms with van der Waals surface area (Å²) in [5, 5.41) is 4.18. The van der Waals surface area contributed by atoms with Crippen molar-refractivity contribution in [2.75, 3.05) is 18.9 Å². The molecule has 1 aromatic heterocycles. The van der Waals surface area contributed by atoms with Crippen LogP contribution in [0.4, 0.5) is 0 Å². The molecule has 20 heavy (non-hydrogen) atoms. The number of carbonyl (C=O) groups excluding carboxylic acids is 1.